The number of nitrogens with zero attached hydrogens (tertiary/aromatic N) is 1. The molecule has 7 heteroatoms. The highest BCUT2D eigenvalue weighted by Gasteiger charge is 2.23. The molecular weight excluding hydrogens is 340 g/mol. The van der Waals surface area contributed by atoms with Gasteiger partial charge in [-0.15, -0.1) is 0 Å². The molecule has 0 unspecified atom stereocenters. The zero-order valence-corrected chi connectivity index (χ0v) is 17.0. The summed E-state index contributed by atoms with van der Waals surface area (Å²) in [7, 11) is -3.65. The lowest BCUT2D eigenvalue weighted by Gasteiger charge is -2.31. The maximum absolute atomic E-state index is 12.5. The molecule has 1 N–H and O–H groups in total. The fourth-order valence-corrected chi connectivity index (χ4v) is 2.57. The van der Waals surface area contributed by atoms with Gasteiger partial charge >= 0.3 is 16.1 Å². The minimum absolute atomic E-state index is 0.00804. The van der Waals surface area contributed by atoms with Crippen LogP contribution in [0.1, 0.15) is 54.0 Å². The van der Waals surface area contributed by atoms with Crippen LogP contribution in [0.4, 0.5) is 4.79 Å². The molecule has 0 saturated carbocycles. The summed E-state index contributed by atoms with van der Waals surface area (Å²) in [5, 5.41) is 2.32. The van der Waals surface area contributed by atoms with Crippen molar-refractivity contribution < 1.29 is 17.4 Å². The lowest BCUT2D eigenvalue weighted by atomic mass is 10.1. The Kier molecular flexibility index (Phi) is 6.88. The number of urea groups is 1. The van der Waals surface area contributed by atoms with Crippen molar-refractivity contribution in [2.45, 2.75) is 71.8 Å². The van der Waals surface area contributed by atoms with E-state index in [9.17, 15) is 13.2 Å². The molecule has 0 bridgehead atoms. The van der Waals surface area contributed by atoms with Gasteiger partial charge < -0.3 is 14.4 Å². The number of nitrogens with one attached hydrogen (secondary N) is 1. The van der Waals surface area contributed by atoms with Gasteiger partial charge in [0.1, 0.15) is 5.75 Å². The molecule has 0 aromatic heterocycles. The first kappa shape index (κ1) is 21.3. The standard InChI is InChI=1S/C18H30N2O4S/c1-13(2)20(17(21)19-18(5,6)7)12-15-9-8-10-16(11-15)24-25(22,23)14(3)4/h8-11,13-14H,12H2,1-7H3,(H,19,21). The second-order valence-electron chi connectivity index (χ2n) is 7.67. The van der Waals surface area contributed by atoms with E-state index in [1.807, 2.05) is 40.7 Å². The zero-order chi connectivity index (χ0) is 19.4. The summed E-state index contributed by atoms with van der Waals surface area (Å²) < 4.78 is 29.0. The lowest BCUT2D eigenvalue weighted by molar-refractivity contribution is 0.171. The van der Waals surface area contributed by atoms with Crippen LogP contribution >= 0.6 is 0 Å². The first-order valence-corrected chi connectivity index (χ1v) is 9.90. The molecule has 0 fully saturated rings. The van der Waals surface area contributed by atoms with Crippen LogP contribution in [0.25, 0.3) is 0 Å². The minimum Gasteiger partial charge on any atom is -0.382 e. The van der Waals surface area contributed by atoms with E-state index in [0.717, 1.165) is 5.56 Å². The summed E-state index contributed by atoms with van der Waals surface area (Å²) in [6.07, 6.45) is 0. The first-order chi connectivity index (χ1) is 11.3. The van der Waals surface area contributed by atoms with Crippen LogP contribution in [0.5, 0.6) is 5.75 Å². The van der Waals surface area contributed by atoms with E-state index in [-0.39, 0.29) is 23.4 Å². The number of benzene rings is 1. The van der Waals surface area contributed by atoms with Gasteiger partial charge in [-0.2, -0.15) is 8.42 Å². The van der Waals surface area contributed by atoms with E-state index in [0.29, 0.717) is 6.54 Å². The van der Waals surface area contributed by atoms with Crippen LogP contribution in [0.15, 0.2) is 24.3 Å². The molecule has 0 spiro atoms. The molecule has 0 aliphatic carbocycles. The van der Waals surface area contributed by atoms with E-state index in [4.69, 9.17) is 4.18 Å². The average Bonchev–Trinajstić information content (AvgIpc) is 2.42. The Morgan fingerprint density at radius 1 is 1.20 bits per heavy atom. The number of hydrogen-bond donors (Lipinski definition) is 1. The van der Waals surface area contributed by atoms with E-state index < -0.39 is 15.4 Å². The Hall–Kier alpha value is -1.76. The van der Waals surface area contributed by atoms with Gasteiger partial charge in [-0.1, -0.05) is 12.1 Å². The maximum atomic E-state index is 12.5. The molecule has 0 radical (unpaired) electrons. The molecule has 2 amide bonds. The van der Waals surface area contributed by atoms with Crippen LogP contribution in [0.3, 0.4) is 0 Å². The molecule has 1 aromatic carbocycles. The summed E-state index contributed by atoms with van der Waals surface area (Å²) in [6.45, 7) is 13.1. The van der Waals surface area contributed by atoms with Gasteiger partial charge in [0.2, 0.25) is 0 Å². The molecule has 25 heavy (non-hydrogen) atoms. The van der Waals surface area contributed by atoms with Crippen molar-refractivity contribution in [3.05, 3.63) is 29.8 Å². The third kappa shape index (κ3) is 6.94. The molecule has 0 atom stereocenters. The first-order valence-electron chi connectivity index (χ1n) is 8.43. The maximum Gasteiger partial charge on any atom is 0.318 e. The van der Waals surface area contributed by atoms with Crippen molar-refractivity contribution in [3.8, 4) is 5.75 Å². The fraction of sp³-hybridized carbons (Fsp3) is 0.611. The van der Waals surface area contributed by atoms with Gasteiger partial charge in [0, 0.05) is 18.1 Å². The summed E-state index contributed by atoms with van der Waals surface area (Å²) in [4.78, 5) is 14.2. The highest BCUT2D eigenvalue weighted by atomic mass is 32.2. The molecule has 142 valence electrons. The highest BCUT2D eigenvalue weighted by Crippen LogP contribution is 2.19. The van der Waals surface area contributed by atoms with Gasteiger partial charge in [0.25, 0.3) is 0 Å². The SMILES string of the molecule is CC(C)N(Cc1cccc(OS(=O)(=O)C(C)C)c1)C(=O)NC(C)(C)C. The Morgan fingerprint density at radius 3 is 2.28 bits per heavy atom. The quantitative estimate of drug-likeness (QED) is 0.777. The van der Waals surface area contributed by atoms with Crippen LogP contribution in [0, 0.1) is 0 Å². The molecule has 6 nitrogen and oxygen atoms in total. The van der Waals surface area contributed by atoms with Crippen molar-refractivity contribution >= 4 is 16.1 Å². The molecule has 0 saturated heterocycles. The summed E-state index contributed by atoms with van der Waals surface area (Å²) in [5.74, 6) is 0.256. The van der Waals surface area contributed by atoms with Gasteiger partial charge in [-0.25, -0.2) is 4.79 Å². The third-order valence-electron chi connectivity index (χ3n) is 3.41. The van der Waals surface area contributed by atoms with Crippen LogP contribution in [0.2, 0.25) is 0 Å². The Morgan fingerprint density at radius 2 is 1.80 bits per heavy atom. The molecule has 0 aliphatic rings. The zero-order valence-electron chi connectivity index (χ0n) is 16.2. The van der Waals surface area contributed by atoms with E-state index >= 15 is 0 Å². The smallest absolute Gasteiger partial charge is 0.318 e. The lowest BCUT2D eigenvalue weighted by Crippen LogP contribution is -2.50. The van der Waals surface area contributed by atoms with Crippen molar-refractivity contribution in [3.63, 3.8) is 0 Å². The monoisotopic (exact) mass is 370 g/mol. The van der Waals surface area contributed by atoms with Crippen molar-refractivity contribution in [2.24, 2.45) is 0 Å². The van der Waals surface area contributed by atoms with E-state index in [2.05, 4.69) is 5.32 Å². The van der Waals surface area contributed by atoms with E-state index in [1.54, 1.807) is 36.9 Å². The summed E-state index contributed by atoms with van der Waals surface area (Å²) in [6, 6.07) is 6.64. The van der Waals surface area contributed by atoms with Crippen LogP contribution in [-0.4, -0.2) is 36.2 Å². The predicted molar refractivity (Wildman–Crippen MR) is 100 cm³/mol. The van der Waals surface area contributed by atoms with Crippen LogP contribution in [-0.2, 0) is 16.7 Å². The third-order valence-corrected chi connectivity index (χ3v) is 4.99. The second-order valence-corrected chi connectivity index (χ2v) is 9.77. The number of carbonyl (C=O) groups is 1. The second kappa shape index (κ2) is 8.08. The number of hydrogen-bond acceptors (Lipinski definition) is 4. The number of rotatable bonds is 6. The number of amides is 2. The van der Waals surface area contributed by atoms with E-state index in [1.165, 1.54) is 0 Å². The number of carbonyl (C=O) groups excluding carboxylic acids is 1. The average molecular weight is 371 g/mol. The van der Waals surface area contributed by atoms with Crippen molar-refractivity contribution in [1.29, 1.82) is 0 Å². The molecule has 1 rings (SSSR count). The molecule has 1 aromatic rings. The topological polar surface area (TPSA) is 75.7 Å². The van der Waals surface area contributed by atoms with Crippen LogP contribution < -0.4 is 9.50 Å². The summed E-state index contributed by atoms with van der Waals surface area (Å²) in [5.41, 5.74) is 0.467. The van der Waals surface area contributed by atoms with Gasteiger partial charge in [0.15, 0.2) is 0 Å². The normalized spacial score (nSPS) is 12.4. The van der Waals surface area contributed by atoms with Crippen molar-refractivity contribution in [1.82, 2.24) is 10.2 Å². The highest BCUT2D eigenvalue weighted by molar-refractivity contribution is 7.87. The Labute approximate surface area is 151 Å². The fourth-order valence-electron chi connectivity index (χ4n) is 2.00. The Bertz CT molecular complexity index is 691. The minimum atomic E-state index is -3.65. The molecular formula is C18H30N2O4S. The predicted octanol–water partition coefficient (Wildman–Crippen LogP) is 3.52. The van der Waals surface area contributed by atoms with Crippen molar-refractivity contribution in [2.75, 3.05) is 0 Å². The largest absolute Gasteiger partial charge is 0.382 e. The summed E-state index contributed by atoms with van der Waals surface area (Å²) >= 11 is 0. The van der Waals surface area contributed by atoms with Gasteiger partial charge in [-0.05, 0) is 66.2 Å². The van der Waals surface area contributed by atoms with Gasteiger partial charge in [-0.3, -0.25) is 0 Å². The van der Waals surface area contributed by atoms with Gasteiger partial charge in [0.05, 0.1) is 5.25 Å². The molecule has 0 heterocycles. The Balaban J connectivity index is 2.96. The molecule has 0 aliphatic heterocycles.